The molecule has 2 aromatic rings. The quantitative estimate of drug-likeness (QED) is 0.698. The van der Waals surface area contributed by atoms with Crippen molar-refractivity contribution in [3.63, 3.8) is 0 Å². The first kappa shape index (κ1) is 17.7. The van der Waals surface area contributed by atoms with Crippen molar-refractivity contribution >= 4 is 50.9 Å². The lowest BCUT2D eigenvalue weighted by atomic mass is 10.3. The van der Waals surface area contributed by atoms with E-state index < -0.39 is 0 Å². The molecule has 1 N–H and O–H groups in total. The smallest absolute Gasteiger partial charge is 0.262 e. The number of hydrogen-bond donors (Lipinski definition) is 1. The van der Waals surface area contributed by atoms with Crippen LogP contribution in [0.4, 0.5) is 5.69 Å². The van der Waals surface area contributed by atoms with E-state index in [-0.39, 0.29) is 12.5 Å². The first-order chi connectivity index (χ1) is 11.1. The van der Waals surface area contributed by atoms with E-state index in [2.05, 4.69) is 27.3 Å². The van der Waals surface area contributed by atoms with E-state index in [1.54, 1.807) is 24.3 Å². The SMILES string of the molecule is N#CCSc1ccccc1NC(=O)COc1ccc(Br)cc1Cl. The van der Waals surface area contributed by atoms with E-state index in [9.17, 15) is 4.79 Å². The second-order valence-corrected chi connectivity index (χ2v) is 6.69. The number of amides is 1. The number of hydrogen-bond acceptors (Lipinski definition) is 4. The van der Waals surface area contributed by atoms with Gasteiger partial charge in [-0.15, -0.1) is 11.8 Å². The van der Waals surface area contributed by atoms with Crippen molar-refractivity contribution in [2.45, 2.75) is 4.90 Å². The van der Waals surface area contributed by atoms with Gasteiger partial charge in [0.15, 0.2) is 6.61 Å². The third-order valence-corrected chi connectivity index (χ3v) is 4.44. The molecule has 0 bridgehead atoms. The van der Waals surface area contributed by atoms with Crippen molar-refractivity contribution in [1.82, 2.24) is 0 Å². The van der Waals surface area contributed by atoms with Crippen LogP contribution in [0.15, 0.2) is 51.8 Å². The van der Waals surface area contributed by atoms with Crippen LogP contribution in [0.3, 0.4) is 0 Å². The minimum absolute atomic E-state index is 0.154. The van der Waals surface area contributed by atoms with Gasteiger partial charge in [0.1, 0.15) is 5.75 Å². The van der Waals surface area contributed by atoms with E-state index in [4.69, 9.17) is 21.6 Å². The number of anilines is 1. The monoisotopic (exact) mass is 410 g/mol. The number of nitrogens with zero attached hydrogens (tertiary/aromatic N) is 1. The molecule has 0 fully saturated rings. The first-order valence-corrected chi connectivity index (χ1v) is 8.72. The molecule has 118 valence electrons. The van der Waals surface area contributed by atoms with Gasteiger partial charge in [0.05, 0.1) is 22.5 Å². The molecule has 0 spiro atoms. The summed E-state index contributed by atoms with van der Waals surface area (Å²) in [6.07, 6.45) is 0. The molecule has 0 radical (unpaired) electrons. The van der Waals surface area contributed by atoms with Crippen LogP contribution in [0.1, 0.15) is 0 Å². The van der Waals surface area contributed by atoms with Gasteiger partial charge in [0.25, 0.3) is 5.91 Å². The molecule has 0 aliphatic carbocycles. The fraction of sp³-hybridized carbons (Fsp3) is 0.125. The molecule has 0 saturated carbocycles. The van der Waals surface area contributed by atoms with Crippen LogP contribution in [-0.4, -0.2) is 18.3 Å². The molecule has 7 heteroatoms. The van der Waals surface area contributed by atoms with Crippen LogP contribution >= 0.6 is 39.3 Å². The van der Waals surface area contributed by atoms with Crippen molar-refractivity contribution in [3.05, 3.63) is 52.0 Å². The van der Waals surface area contributed by atoms with E-state index in [0.29, 0.717) is 22.2 Å². The number of benzene rings is 2. The zero-order chi connectivity index (χ0) is 16.7. The van der Waals surface area contributed by atoms with E-state index in [1.807, 2.05) is 18.2 Å². The largest absolute Gasteiger partial charge is 0.482 e. The molecule has 0 aliphatic heterocycles. The molecular formula is C16H12BrClN2O2S. The fourth-order valence-corrected chi connectivity index (χ4v) is 3.13. The summed E-state index contributed by atoms with van der Waals surface area (Å²) < 4.78 is 6.26. The lowest BCUT2D eigenvalue weighted by molar-refractivity contribution is -0.118. The third-order valence-electron chi connectivity index (χ3n) is 2.71. The minimum atomic E-state index is -0.297. The number of nitriles is 1. The van der Waals surface area contributed by atoms with Gasteiger partial charge >= 0.3 is 0 Å². The first-order valence-electron chi connectivity index (χ1n) is 6.56. The Labute approximate surface area is 151 Å². The number of carbonyl (C=O) groups excluding carboxylic acids is 1. The van der Waals surface area contributed by atoms with Crippen LogP contribution < -0.4 is 10.1 Å². The average Bonchev–Trinajstić information content (AvgIpc) is 2.53. The standard InChI is InChI=1S/C16H12BrClN2O2S/c17-11-5-6-14(12(18)9-11)22-10-16(21)20-13-3-1-2-4-15(13)23-8-7-19/h1-6,9H,8,10H2,(H,20,21). The molecule has 0 atom stereocenters. The summed E-state index contributed by atoms with van der Waals surface area (Å²) in [6.45, 7) is -0.154. The lowest BCUT2D eigenvalue weighted by Gasteiger charge is -2.11. The van der Waals surface area contributed by atoms with E-state index in [0.717, 1.165) is 9.37 Å². The maximum atomic E-state index is 12.0. The van der Waals surface area contributed by atoms with Crippen molar-refractivity contribution in [2.24, 2.45) is 0 Å². The minimum Gasteiger partial charge on any atom is -0.482 e. The van der Waals surface area contributed by atoms with Gasteiger partial charge in [-0.2, -0.15) is 5.26 Å². The fourth-order valence-electron chi connectivity index (χ4n) is 1.73. The van der Waals surface area contributed by atoms with Gasteiger partial charge in [-0.05, 0) is 30.3 Å². The second-order valence-electron chi connectivity index (χ2n) is 4.35. The van der Waals surface area contributed by atoms with Crippen LogP contribution in [0.25, 0.3) is 0 Å². The summed E-state index contributed by atoms with van der Waals surface area (Å²) in [5.74, 6) is 0.462. The van der Waals surface area contributed by atoms with E-state index in [1.165, 1.54) is 11.8 Å². The number of ether oxygens (including phenoxy) is 1. The molecule has 23 heavy (non-hydrogen) atoms. The van der Waals surface area contributed by atoms with Crippen LogP contribution in [0, 0.1) is 11.3 Å². The topological polar surface area (TPSA) is 62.1 Å². The van der Waals surface area contributed by atoms with Crippen molar-refractivity contribution in [3.8, 4) is 11.8 Å². The van der Waals surface area contributed by atoms with Gasteiger partial charge in [0, 0.05) is 9.37 Å². The normalized spacial score (nSPS) is 9.96. The number of rotatable bonds is 6. The number of nitrogens with one attached hydrogen (secondary N) is 1. The van der Waals surface area contributed by atoms with Crippen LogP contribution in [-0.2, 0) is 4.79 Å². The Balaban J connectivity index is 1.96. The maximum absolute atomic E-state index is 12.0. The second kappa shape index (κ2) is 8.82. The summed E-state index contributed by atoms with van der Waals surface area (Å²) in [4.78, 5) is 12.9. The van der Waals surface area contributed by atoms with Gasteiger partial charge in [-0.25, -0.2) is 0 Å². The molecule has 1 amide bonds. The molecule has 0 unspecified atom stereocenters. The Hall–Kier alpha value is -1.68. The Bertz CT molecular complexity index is 749. The predicted molar refractivity (Wildman–Crippen MR) is 96.1 cm³/mol. The molecule has 0 heterocycles. The van der Waals surface area contributed by atoms with Gasteiger partial charge in [0.2, 0.25) is 0 Å². The Morgan fingerprint density at radius 3 is 2.87 bits per heavy atom. The summed E-state index contributed by atoms with van der Waals surface area (Å²) in [5.41, 5.74) is 0.656. The summed E-state index contributed by atoms with van der Waals surface area (Å²) in [6, 6.07) is 14.5. The Morgan fingerprint density at radius 2 is 2.13 bits per heavy atom. The van der Waals surface area contributed by atoms with Gasteiger partial charge < -0.3 is 10.1 Å². The summed E-state index contributed by atoms with van der Waals surface area (Å²) in [7, 11) is 0. The van der Waals surface area contributed by atoms with E-state index >= 15 is 0 Å². The molecule has 0 aromatic heterocycles. The Kier molecular flexibility index (Phi) is 6.78. The highest BCUT2D eigenvalue weighted by molar-refractivity contribution is 9.10. The third kappa shape index (κ3) is 5.47. The molecule has 2 rings (SSSR count). The number of para-hydroxylation sites is 1. The predicted octanol–water partition coefficient (Wildman–Crippen LogP) is 4.74. The number of halogens is 2. The summed E-state index contributed by atoms with van der Waals surface area (Å²) in [5, 5.41) is 11.9. The Morgan fingerprint density at radius 1 is 1.35 bits per heavy atom. The van der Waals surface area contributed by atoms with Crippen molar-refractivity contribution < 1.29 is 9.53 Å². The molecule has 0 aliphatic rings. The molecular weight excluding hydrogens is 400 g/mol. The molecule has 2 aromatic carbocycles. The zero-order valence-corrected chi connectivity index (χ0v) is 15.0. The van der Waals surface area contributed by atoms with Crippen LogP contribution in [0.2, 0.25) is 5.02 Å². The zero-order valence-electron chi connectivity index (χ0n) is 11.9. The van der Waals surface area contributed by atoms with Gasteiger partial charge in [-0.3, -0.25) is 4.79 Å². The molecule has 4 nitrogen and oxygen atoms in total. The van der Waals surface area contributed by atoms with Gasteiger partial charge in [-0.1, -0.05) is 39.7 Å². The number of thioether (sulfide) groups is 1. The highest BCUT2D eigenvalue weighted by Gasteiger charge is 2.09. The molecule has 0 saturated heterocycles. The highest BCUT2D eigenvalue weighted by Crippen LogP contribution is 2.28. The van der Waals surface area contributed by atoms with Crippen molar-refractivity contribution in [2.75, 3.05) is 17.7 Å². The number of carbonyl (C=O) groups is 1. The van der Waals surface area contributed by atoms with Crippen molar-refractivity contribution in [1.29, 1.82) is 5.26 Å². The van der Waals surface area contributed by atoms with Crippen LogP contribution in [0.5, 0.6) is 5.75 Å². The average molecular weight is 412 g/mol. The highest BCUT2D eigenvalue weighted by atomic mass is 79.9. The summed E-state index contributed by atoms with van der Waals surface area (Å²) >= 11 is 10.7. The lowest BCUT2D eigenvalue weighted by Crippen LogP contribution is -2.20. The maximum Gasteiger partial charge on any atom is 0.262 e.